The summed E-state index contributed by atoms with van der Waals surface area (Å²) < 4.78 is 0.457. The van der Waals surface area contributed by atoms with Crippen LogP contribution in [0.25, 0.3) is 0 Å². The average molecular weight is 253 g/mol. The summed E-state index contributed by atoms with van der Waals surface area (Å²) in [5.41, 5.74) is 1.71. The van der Waals surface area contributed by atoms with Crippen molar-refractivity contribution in [1.29, 1.82) is 0 Å². The highest BCUT2D eigenvalue weighted by atomic mass is 32.2. The highest BCUT2D eigenvalue weighted by Crippen LogP contribution is 2.43. The molecule has 2 atom stereocenters. The fraction of sp³-hybridized carbons (Fsp3) is 0.867. The van der Waals surface area contributed by atoms with Crippen LogP contribution in [0.4, 0.5) is 0 Å². The summed E-state index contributed by atoms with van der Waals surface area (Å²) in [6, 6.07) is 0.634. The van der Waals surface area contributed by atoms with Crippen LogP contribution >= 0.6 is 11.8 Å². The SMILES string of the molecule is CCCNC(C1=CCCCC1)C1(C)CCCS1. The molecule has 2 aliphatic rings. The Bertz CT molecular complexity index is 266. The quantitative estimate of drug-likeness (QED) is 0.739. The zero-order valence-corrected chi connectivity index (χ0v) is 12.2. The highest BCUT2D eigenvalue weighted by Gasteiger charge is 2.39. The van der Waals surface area contributed by atoms with Gasteiger partial charge in [-0.1, -0.05) is 18.6 Å². The highest BCUT2D eigenvalue weighted by molar-refractivity contribution is 8.00. The number of hydrogen-bond acceptors (Lipinski definition) is 2. The molecule has 0 aromatic rings. The number of thioether (sulfide) groups is 1. The first-order chi connectivity index (χ1) is 8.26. The van der Waals surface area contributed by atoms with Crippen molar-refractivity contribution in [3.05, 3.63) is 11.6 Å². The lowest BCUT2D eigenvalue weighted by atomic mass is 9.84. The number of rotatable bonds is 5. The Balaban J connectivity index is 2.08. The number of hydrogen-bond donors (Lipinski definition) is 1. The molecule has 0 saturated carbocycles. The number of allylic oxidation sites excluding steroid dienone is 1. The Morgan fingerprint density at radius 1 is 1.41 bits per heavy atom. The zero-order valence-electron chi connectivity index (χ0n) is 11.4. The predicted octanol–water partition coefficient (Wildman–Crippen LogP) is 4.14. The Hall–Kier alpha value is 0.0500. The Kier molecular flexibility index (Phi) is 4.98. The van der Waals surface area contributed by atoms with Crippen LogP contribution in [0, 0.1) is 0 Å². The second-order valence-electron chi connectivity index (χ2n) is 5.68. The van der Waals surface area contributed by atoms with Crippen LogP contribution < -0.4 is 5.32 Å². The Morgan fingerprint density at radius 2 is 2.29 bits per heavy atom. The molecule has 0 bridgehead atoms. The predicted molar refractivity (Wildman–Crippen MR) is 78.7 cm³/mol. The van der Waals surface area contributed by atoms with Gasteiger partial charge in [0.2, 0.25) is 0 Å². The standard InChI is InChI=1S/C15H27NS/c1-3-11-16-14(13-8-5-4-6-9-13)15(2)10-7-12-17-15/h8,14,16H,3-7,9-12H2,1-2H3. The summed E-state index contributed by atoms with van der Waals surface area (Å²) in [5.74, 6) is 1.36. The lowest BCUT2D eigenvalue weighted by Crippen LogP contribution is -2.47. The molecule has 0 spiro atoms. The molecular weight excluding hydrogens is 226 g/mol. The third-order valence-corrected chi connectivity index (χ3v) is 5.75. The maximum atomic E-state index is 3.83. The van der Waals surface area contributed by atoms with E-state index in [2.05, 4.69) is 37.0 Å². The van der Waals surface area contributed by atoms with E-state index >= 15 is 0 Å². The fourth-order valence-electron chi connectivity index (χ4n) is 3.18. The molecule has 1 heterocycles. The van der Waals surface area contributed by atoms with Gasteiger partial charge in [0.05, 0.1) is 0 Å². The second-order valence-corrected chi connectivity index (χ2v) is 7.31. The number of nitrogens with one attached hydrogen (secondary N) is 1. The zero-order chi connectivity index (χ0) is 12.1. The molecule has 2 heteroatoms. The maximum absolute atomic E-state index is 3.83. The molecule has 1 nitrogen and oxygen atoms in total. The summed E-state index contributed by atoms with van der Waals surface area (Å²) in [4.78, 5) is 0. The second kappa shape index (κ2) is 6.29. The van der Waals surface area contributed by atoms with Gasteiger partial charge >= 0.3 is 0 Å². The van der Waals surface area contributed by atoms with Gasteiger partial charge in [0.1, 0.15) is 0 Å². The van der Waals surface area contributed by atoms with Crippen molar-refractivity contribution in [2.24, 2.45) is 0 Å². The Morgan fingerprint density at radius 3 is 2.88 bits per heavy atom. The van der Waals surface area contributed by atoms with Gasteiger partial charge in [-0.15, -0.1) is 0 Å². The van der Waals surface area contributed by atoms with Gasteiger partial charge in [0.15, 0.2) is 0 Å². The molecule has 1 fully saturated rings. The lowest BCUT2D eigenvalue weighted by Gasteiger charge is -2.37. The largest absolute Gasteiger partial charge is 0.309 e. The normalized spacial score (nSPS) is 31.3. The van der Waals surface area contributed by atoms with E-state index < -0.39 is 0 Å². The van der Waals surface area contributed by atoms with Crippen molar-refractivity contribution in [1.82, 2.24) is 5.32 Å². The third-order valence-electron chi connectivity index (χ3n) is 4.16. The summed E-state index contributed by atoms with van der Waals surface area (Å²) in [6.45, 7) is 5.91. The van der Waals surface area contributed by atoms with E-state index in [1.165, 1.54) is 50.7 Å². The molecule has 1 aliphatic heterocycles. The van der Waals surface area contributed by atoms with Gasteiger partial charge in [0.25, 0.3) is 0 Å². The molecule has 2 rings (SSSR count). The van der Waals surface area contributed by atoms with E-state index in [0.717, 1.165) is 6.54 Å². The summed E-state index contributed by atoms with van der Waals surface area (Å²) in [5, 5.41) is 3.83. The minimum Gasteiger partial charge on any atom is -0.309 e. The topological polar surface area (TPSA) is 12.0 Å². The van der Waals surface area contributed by atoms with Gasteiger partial charge in [0, 0.05) is 10.8 Å². The van der Waals surface area contributed by atoms with Crippen molar-refractivity contribution < 1.29 is 0 Å². The van der Waals surface area contributed by atoms with Crippen molar-refractivity contribution in [2.45, 2.75) is 69.6 Å². The van der Waals surface area contributed by atoms with Crippen LogP contribution in [0.3, 0.4) is 0 Å². The molecule has 98 valence electrons. The van der Waals surface area contributed by atoms with E-state index in [4.69, 9.17) is 0 Å². The van der Waals surface area contributed by atoms with Gasteiger partial charge < -0.3 is 5.32 Å². The van der Waals surface area contributed by atoms with Gasteiger partial charge in [-0.2, -0.15) is 11.8 Å². The Labute approximate surface area is 111 Å². The van der Waals surface area contributed by atoms with E-state index in [-0.39, 0.29) is 0 Å². The molecule has 0 aromatic carbocycles. The molecule has 1 N–H and O–H groups in total. The van der Waals surface area contributed by atoms with Crippen LogP contribution in [0.15, 0.2) is 11.6 Å². The summed E-state index contributed by atoms with van der Waals surface area (Å²) in [7, 11) is 0. The van der Waals surface area contributed by atoms with Gasteiger partial charge in [-0.05, 0) is 64.2 Å². The van der Waals surface area contributed by atoms with E-state index in [1.54, 1.807) is 5.57 Å². The van der Waals surface area contributed by atoms with Crippen LogP contribution in [-0.2, 0) is 0 Å². The van der Waals surface area contributed by atoms with Crippen LogP contribution in [-0.4, -0.2) is 23.1 Å². The average Bonchev–Trinajstić information content (AvgIpc) is 2.79. The summed E-state index contributed by atoms with van der Waals surface area (Å²) >= 11 is 2.19. The molecule has 1 saturated heterocycles. The van der Waals surface area contributed by atoms with Gasteiger partial charge in [-0.25, -0.2) is 0 Å². The minimum atomic E-state index is 0.457. The van der Waals surface area contributed by atoms with Crippen molar-refractivity contribution in [3.8, 4) is 0 Å². The minimum absolute atomic E-state index is 0.457. The van der Waals surface area contributed by atoms with E-state index in [9.17, 15) is 0 Å². The monoisotopic (exact) mass is 253 g/mol. The van der Waals surface area contributed by atoms with E-state index in [0.29, 0.717) is 10.8 Å². The third kappa shape index (κ3) is 3.29. The molecular formula is C15H27NS. The smallest absolute Gasteiger partial charge is 0.0425 e. The lowest BCUT2D eigenvalue weighted by molar-refractivity contribution is 0.426. The first kappa shape index (κ1) is 13.5. The summed E-state index contributed by atoms with van der Waals surface area (Å²) in [6.07, 6.45) is 12.0. The first-order valence-corrected chi connectivity index (χ1v) is 8.31. The van der Waals surface area contributed by atoms with Gasteiger partial charge in [-0.3, -0.25) is 0 Å². The molecule has 0 aromatic heterocycles. The van der Waals surface area contributed by atoms with Crippen LogP contribution in [0.2, 0.25) is 0 Å². The van der Waals surface area contributed by atoms with Crippen LogP contribution in [0.1, 0.15) is 58.8 Å². The van der Waals surface area contributed by atoms with E-state index in [1.807, 2.05) is 0 Å². The first-order valence-electron chi connectivity index (χ1n) is 7.32. The maximum Gasteiger partial charge on any atom is 0.0425 e. The molecule has 0 radical (unpaired) electrons. The van der Waals surface area contributed by atoms with Crippen molar-refractivity contribution in [2.75, 3.05) is 12.3 Å². The van der Waals surface area contributed by atoms with Crippen molar-refractivity contribution >= 4 is 11.8 Å². The molecule has 0 amide bonds. The molecule has 17 heavy (non-hydrogen) atoms. The molecule has 1 aliphatic carbocycles. The molecule has 2 unspecified atom stereocenters. The van der Waals surface area contributed by atoms with Crippen molar-refractivity contribution in [3.63, 3.8) is 0 Å². The van der Waals surface area contributed by atoms with Crippen LogP contribution in [0.5, 0.6) is 0 Å². The fourth-order valence-corrected chi connectivity index (χ4v) is 4.63.